The Morgan fingerprint density at radius 3 is 2.72 bits per heavy atom. The van der Waals surface area contributed by atoms with Crippen molar-refractivity contribution in [3.63, 3.8) is 0 Å². The Morgan fingerprint density at radius 1 is 1.67 bits per heavy atom. The lowest BCUT2D eigenvalue weighted by molar-refractivity contribution is -0.386. The Hall–Kier alpha value is -2.33. The molecule has 8 heteroatoms. The first-order valence-electron chi connectivity index (χ1n) is 4.64. The third-order valence-corrected chi connectivity index (χ3v) is 2.43. The van der Waals surface area contributed by atoms with Crippen LogP contribution in [0.3, 0.4) is 0 Å². The van der Waals surface area contributed by atoms with Gasteiger partial charge >= 0.3 is 6.16 Å². The largest absolute Gasteiger partial charge is 0.506 e. The fourth-order valence-corrected chi connectivity index (χ4v) is 1.80. The highest BCUT2D eigenvalue weighted by Crippen LogP contribution is 2.35. The number of hydrogen-bond donors (Lipinski definition) is 1. The summed E-state index contributed by atoms with van der Waals surface area (Å²) in [6.45, 7) is 1.31. The van der Waals surface area contributed by atoms with Crippen LogP contribution in [0.5, 0.6) is 0 Å². The Morgan fingerprint density at radius 2 is 2.28 bits per heavy atom. The summed E-state index contributed by atoms with van der Waals surface area (Å²) in [6, 6.07) is 3.95. The van der Waals surface area contributed by atoms with Crippen LogP contribution in [0, 0.1) is 21.4 Å². The smallest absolute Gasteiger partial charge is 0.450 e. The summed E-state index contributed by atoms with van der Waals surface area (Å²) in [5.41, 5.74) is -0.520. The summed E-state index contributed by atoms with van der Waals surface area (Å²) < 4.78 is 4.43. The molecule has 1 rings (SSSR count). The molecule has 0 amide bonds. The molecule has 1 N–H and O–H groups in total. The second-order valence-electron chi connectivity index (χ2n) is 3.29. The lowest BCUT2D eigenvalue weighted by atomic mass is 10.1. The summed E-state index contributed by atoms with van der Waals surface area (Å²) in [6.07, 6.45) is -2.68. The molecule has 18 heavy (non-hydrogen) atoms. The van der Waals surface area contributed by atoms with Crippen LogP contribution in [-0.2, 0) is 4.74 Å². The second kappa shape index (κ2) is 5.33. The van der Waals surface area contributed by atoms with Gasteiger partial charge in [0.2, 0.25) is 0 Å². The number of hydrogen-bond acceptors (Lipinski definition) is 5. The Bertz CT molecular complexity index is 552. The van der Waals surface area contributed by atoms with Crippen LogP contribution in [0.4, 0.5) is 10.5 Å². The Labute approximate surface area is 106 Å². The van der Waals surface area contributed by atoms with Crippen LogP contribution >= 0.6 is 11.6 Å². The van der Waals surface area contributed by atoms with Crippen molar-refractivity contribution in [1.82, 2.24) is 0 Å². The van der Waals surface area contributed by atoms with Gasteiger partial charge in [-0.1, -0.05) is 11.6 Å². The van der Waals surface area contributed by atoms with Gasteiger partial charge in [0.1, 0.15) is 6.10 Å². The van der Waals surface area contributed by atoms with Gasteiger partial charge in [0.05, 0.1) is 27.1 Å². The number of nitrogens with zero attached hydrogens (tertiary/aromatic N) is 2. The molecule has 0 aliphatic rings. The highest BCUT2D eigenvalue weighted by molar-refractivity contribution is 6.31. The van der Waals surface area contributed by atoms with Gasteiger partial charge in [-0.05, 0) is 13.0 Å². The molecule has 1 atom stereocenters. The molecule has 0 aromatic heterocycles. The monoisotopic (exact) mass is 270 g/mol. The van der Waals surface area contributed by atoms with Gasteiger partial charge in [-0.25, -0.2) is 4.79 Å². The third kappa shape index (κ3) is 2.87. The van der Waals surface area contributed by atoms with E-state index in [-0.39, 0.29) is 16.1 Å². The van der Waals surface area contributed by atoms with Crippen LogP contribution in [0.2, 0.25) is 5.02 Å². The van der Waals surface area contributed by atoms with Gasteiger partial charge in [-0.2, -0.15) is 5.26 Å². The summed E-state index contributed by atoms with van der Waals surface area (Å²) in [4.78, 5) is 20.5. The molecule has 0 bridgehead atoms. The first-order valence-corrected chi connectivity index (χ1v) is 5.02. The Balaban J connectivity index is 3.38. The van der Waals surface area contributed by atoms with E-state index >= 15 is 0 Å². The highest BCUT2D eigenvalue weighted by Gasteiger charge is 2.26. The minimum Gasteiger partial charge on any atom is -0.450 e. The molecule has 0 aliphatic heterocycles. The number of ether oxygens (including phenoxy) is 1. The van der Waals surface area contributed by atoms with Gasteiger partial charge in [-0.3, -0.25) is 10.1 Å². The van der Waals surface area contributed by atoms with E-state index < -0.39 is 22.9 Å². The van der Waals surface area contributed by atoms with Gasteiger partial charge < -0.3 is 9.84 Å². The molecular weight excluding hydrogens is 264 g/mol. The third-order valence-electron chi connectivity index (χ3n) is 2.12. The minimum absolute atomic E-state index is 0.0120. The number of benzene rings is 1. The standard InChI is InChI=1S/C10H7ClN2O5/c1-5(18-10(14)15)9-7(11)2-6(4-12)3-8(9)13(16)17/h2-3,5H,1H3,(H,14,15). The van der Waals surface area contributed by atoms with Crippen LogP contribution in [0.1, 0.15) is 24.2 Å². The number of nitro benzene ring substituents is 1. The normalized spacial score (nSPS) is 11.4. The zero-order valence-corrected chi connectivity index (χ0v) is 9.84. The topological polar surface area (TPSA) is 113 Å². The summed E-state index contributed by atoms with van der Waals surface area (Å²) in [5, 5.41) is 27.9. The van der Waals surface area contributed by atoms with Crippen molar-refractivity contribution in [2.24, 2.45) is 0 Å². The first-order chi connectivity index (χ1) is 8.36. The van der Waals surface area contributed by atoms with Crippen molar-refractivity contribution in [1.29, 1.82) is 5.26 Å². The molecule has 7 nitrogen and oxygen atoms in total. The zero-order chi connectivity index (χ0) is 13.9. The lowest BCUT2D eigenvalue weighted by Crippen LogP contribution is -2.09. The van der Waals surface area contributed by atoms with Crippen LogP contribution in [0.25, 0.3) is 0 Å². The van der Waals surface area contributed by atoms with Crippen molar-refractivity contribution < 1.29 is 19.6 Å². The molecule has 0 spiro atoms. The SMILES string of the molecule is CC(OC(=O)O)c1c(Cl)cc(C#N)cc1[N+](=O)[O-]. The number of nitro groups is 1. The van der Waals surface area contributed by atoms with E-state index in [0.29, 0.717) is 0 Å². The van der Waals surface area contributed by atoms with Crippen LogP contribution < -0.4 is 0 Å². The minimum atomic E-state index is -1.57. The molecule has 0 aliphatic carbocycles. The number of carbonyl (C=O) groups is 1. The van der Waals surface area contributed by atoms with Crippen molar-refractivity contribution in [3.8, 4) is 6.07 Å². The molecule has 0 saturated heterocycles. The number of rotatable bonds is 3. The van der Waals surface area contributed by atoms with Gasteiger partial charge in [0.15, 0.2) is 0 Å². The molecule has 0 radical (unpaired) electrons. The van der Waals surface area contributed by atoms with E-state index in [9.17, 15) is 14.9 Å². The fraction of sp³-hybridized carbons (Fsp3) is 0.200. The number of halogens is 1. The van der Waals surface area contributed by atoms with Crippen LogP contribution in [0.15, 0.2) is 12.1 Å². The first kappa shape index (κ1) is 13.7. The van der Waals surface area contributed by atoms with Crippen molar-refractivity contribution in [2.45, 2.75) is 13.0 Å². The lowest BCUT2D eigenvalue weighted by Gasteiger charge is -2.13. The van der Waals surface area contributed by atoms with Gasteiger partial charge in [0, 0.05) is 6.07 Å². The van der Waals surface area contributed by atoms with E-state index in [1.807, 2.05) is 0 Å². The van der Waals surface area contributed by atoms with E-state index in [2.05, 4.69) is 4.74 Å². The average Bonchev–Trinajstić information content (AvgIpc) is 2.26. The predicted molar refractivity (Wildman–Crippen MR) is 60.3 cm³/mol. The molecule has 0 heterocycles. The molecule has 0 saturated carbocycles. The van der Waals surface area contributed by atoms with Gasteiger partial charge in [0.25, 0.3) is 5.69 Å². The average molecular weight is 271 g/mol. The highest BCUT2D eigenvalue weighted by atomic mass is 35.5. The zero-order valence-electron chi connectivity index (χ0n) is 9.08. The quantitative estimate of drug-likeness (QED) is 0.513. The predicted octanol–water partition coefficient (Wildman–Crippen LogP) is 2.88. The molecule has 1 unspecified atom stereocenters. The maximum absolute atomic E-state index is 10.9. The van der Waals surface area contributed by atoms with E-state index in [1.54, 1.807) is 6.07 Å². The van der Waals surface area contributed by atoms with Crippen molar-refractivity contribution in [2.75, 3.05) is 0 Å². The van der Waals surface area contributed by atoms with E-state index in [1.165, 1.54) is 13.0 Å². The maximum atomic E-state index is 10.9. The molecule has 1 aromatic carbocycles. The Kier molecular flexibility index (Phi) is 4.07. The molecule has 1 aromatic rings. The number of carboxylic acid groups (broad SMARTS) is 1. The summed E-state index contributed by atoms with van der Waals surface area (Å²) in [7, 11) is 0. The van der Waals surface area contributed by atoms with Crippen molar-refractivity contribution >= 4 is 23.4 Å². The van der Waals surface area contributed by atoms with E-state index in [0.717, 1.165) is 6.07 Å². The molecular formula is C10H7ClN2O5. The van der Waals surface area contributed by atoms with Crippen molar-refractivity contribution in [3.05, 3.63) is 38.4 Å². The number of nitriles is 1. The molecule has 94 valence electrons. The van der Waals surface area contributed by atoms with E-state index in [4.69, 9.17) is 22.0 Å². The van der Waals surface area contributed by atoms with Gasteiger partial charge in [-0.15, -0.1) is 0 Å². The summed E-state index contributed by atoms with van der Waals surface area (Å²) in [5.74, 6) is 0. The fourth-order valence-electron chi connectivity index (χ4n) is 1.43. The maximum Gasteiger partial charge on any atom is 0.506 e. The summed E-state index contributed by atoms with van der Waals surface area (Å²) >= 11 is 5.81. The second-order valence-corrected chi connectivity index (χ2v) is 3.69. The van der Waals surface area contributed by atoms with Crippen LogP contribution in [-0.4, -0.2) is 16.2 Å². The molecule has 0 fully saturated rings.